The smallest absolute Gasteiger partial charge is 0.166 e. The molecule has 0 bridgehead atoms. The monoisotopic (exact) mass is 294 g/mol. The van der Waals surface area contributed by atoms with Gasteiger partial charge in [0, 0.05) is 19.7 Å². The molecule has 110 valence electrons. The zero-order valence-electron chi connectivity index (χ0n) is 11.9. The summed E-state index contributed by atoms with van der Waals surface area (Å²) < 4.78 is 10.7. The Bertz CT molecular complexity index is 416. The lowest BCUT2D eigenvalue weighted by Gasteiger charge is -2.13. The van der Waals surface area contributed by atoms with E-state index in [-0.39, 0.29) is 0 Å². The molecule has 0 aliphatic carbocycles. The maximum absolute atomic E-state index is 5.57. The van der Waals surface area contributed by atoms with E-state index in [1.54, 1.807) is 7.11 Å². The van der Waals surface area contributed by atoms with Gasteiger partial charge in [0.1, 0.15) is 5.75 Å². The predicted molar refractivity (Wildman–Crippen MR) is 84.0 cm³/mol. The number of thiocarbonyl (C=S) groups is 1. The molecule has 1 unspecified atom stereocenters. The molecule has 0 amide bonds. The highest BCUT2D eigenvalue weighted by molar-refractivity contribution is 7.80. The van der Waals surface area contributed by atoms with E-state index in [9.17, 15) is 0 Å². The fourth-order valence-electron chi connectivity index (χ4n) is 2.21. The molecule has 1 aliphatic rings. The van der Waals surface area contributed by atoms with Crippen LogP contribution in [-0.2, 0) is 11.3 Å². The molecule has 1 atom stereocenters. The van der Waals surface area contributed by atoms with Crippen LogP contribution in [0.2, 0.25) is 0 Å². The standard InChI is InChI=1S/C15H22N2O2S/c1-18-13-6-4-12(5-7-13)11-17-15(20)16-9-8-14-3-2-10-19-14/h4-7,14H,2-3,8-11H2,1H3,(H2,16,17,20). The fraction of sp³-hybridized carbons (Fsp3) is 0.533. The molecule has 4 nitrogen and oxygen atoms in total. The molecule has 0 saturated carbocycles. The summed E-state index contributed by atoms with van der Waals surface area (Å²) in [6, 6.07) is 7.96. The number of ether oxygens (including phenoxy) is 2. The minimum Gasteiger partial charge on any atom is -0.497 e. The first-order valence-corrected chi connectivity index (χ1v) is 7.45. The maximum Gasteiger partial charge on any atom is 0.166 e. The normalized spacial score (nSPS) is 17.8. The van der Waals surface area contributed by atoms with Gasteiger partial charge >= 0.3 is 0 Å². The van der Waals surface area contributed by atoms with E-state index in [2.05, 4.69) is 10.6 Å². The number of methoxy groups -OCH3 is 1. The van der Waals surface area contributed by atoms with E-state index < -0.39 is 0 Å². The lowest BCUT2D eigenvalue weighted by molar-refractivity contribution is 0.105. The van der Waals surface area contributed by atoms with E-state index in [4.69, 9.17) is 21.7 Å². The minimum absolute atomic E-state index is 0.409. The topological polar surface area (TPSA) is 42.5 Å². The van der Waals surface area contributed by atoms with Crippen LogP contribution in [0.5, 0.6) is 5.75 Å². The molecule has 20 heavy (non-hydrogen) atoms. The largest absolute Gasteiger partial charge is 0.497 e. The molecule has 1 aromatic rings. The predicted octanol–water partition coefficient (Wildman–Crippen LogP) is 2.23. The van der Waals surface area contributed by atoms with Crippen LogP contribution in [0.1, 0.15) is 24.8 Å². The van der Waals surface area contributed by atoms with Crippen molar-refractivity contribution in [3.8, 4) is 5.75 Å². The van der Waals surface area contributed by atoms with Gasteiger partial charge in [-0.1, -0.05) is 12.1 Å². The maximum atomic E-state index is 5.57. The van der Waals surface area contributed by atoms with Crippen molar-refractivity contribution in [1.29, 1.82) is 0 Å². The van der Waals surface area contributed by atoms with Crippen molar-refractivity contribution in [1.82, 2.24) is 10.6 Å². The molecule has 1 aromatic carbocycles. The Balaban J connectivity index is 1.61. The summed E-state index contributed by atoms with van der Waals surface area (Å²) in [6.07, 6.45) is 3.79. The highest BCUT2D eigenvalue weighted by Crippen LogP contribution is 2.14. The van der Waals surface area contributed by atoms with Crippen LogP contribution in [0, 0.1) is 0 Å². The second-order valence-corrected chi connectivity index (χ2v) is 5.29. The third-order valence-electron chi connectivity index (χ3n) is 3.39. The molecular formula is C15H22N2O2S. The van der Waals surface area contributed by atoms with Crippen LogP contribution in [0.25, 0.3) is 0 Å². The van der Waals surface area contributed by atoms with Crippen LogP contribution in [0.4, 0.5) is 0 Å². The van der Waals surface area contributed by atoms with Crippen molar-refractivity contribution in [2.45, 2.75) is 31.9 Å². The quantitative estimate of drug-likeness (QED) is 0.788. The molecule has 5 heteroatoms. The third kappa shape index (κ3) is 4.98. The molecule has 2 rings (SSSR count). The van der Waals surface area contributed by atoms with Gasteiger partial charge < -0.3 is 20.1 Å². The van der Waals surface area contributed by atoms with Gasteiger partial charge in [-0.25, -0.2) is 0 Å². The summed E-state index contributed by atoms with van der Waals surface area (Å²) in [5, 5.41) is 7.11. The van der Waals surface area contributed by atoms with Gasteiger partial charge in [-0.3, -0.25) is 0 Å². The Hall–Kier alpha value is -1.33. The third-order valence-corrected chi connectivity index (χ3v) is 3.68. The Kier molecular flexibility index (Phi) is 6.08. The van der Waals surface area contributed by atoms with Crippen LogP contribution in [0.15, 0.2) is 24.3 Å². The molecule has 0 spiro atoms. The Morgan fingerprint density at radius 2 is 2.15 bits per heavy atom. The van der Waals surface area contributed by atoms with E-state index in [1.807, 2.05) is 24.3 Å². The summed E-state index contributed by atoms with van der Waals surface area (Å²) in [6.45, 7) is 2.49. The molecule has 0 aromatic heterocycles. The van der Waals surface area contributed by atoms with Gasteiger partial charge in [0.25, 0.3) is 0 Å². The highest BCUT2D eigenvalue weighted by Gasteiger charge is 2.14. The van der Waals surface area contributed by atoms with Crippen molar-refractivity contribution in [2.24, 2.45) is 0 Å². The minimum atomic E-state index is 0.409. The molecule has 1 heterocycles. The molecule has 1 aliphatic heterocycles. The summed E-state index contributed by atoms with van der Waals surface area (Å²) in [7, 11) is 1.67. The lowest BCUT2D eigenvalue weighted by Crippen LogP contribution is -2.36. The van der Waals surface area contributed by atoms with Crippen molar-refractivity contribution < 1.29 is 9.47 Å². The van der Waals surface area contributed by atoms with Crippen molar-refractivity contribution in [3.63, 3.8) is 0 Å². The van der Waals surface area contributed by atoms with Crippen LogP contribution in [0.3, 0.4) is 0 Å². The first-order valence-electron chi connectivity index (χ1n) is 7.04. The zero-order valence-corrected chi connectivity index (χ0v) is 12.7. The van der Waals surface area contributed by atoms with Gasteiger partial charge in [0.2, 0.25) is 0 Å². The van der Waals surface area contributed by atoms with E-state index in [0.717, 1.165) is 31.9 Å². The first kappa shape index (κ1) is 15.1. The van der Waals surface area contributed by atoms with Gasteiger partial charge in [0.05, 0.1) is 13.2 Å². The summed E-state index contributed by atoms with van der Waals surface area (Å²) in [5.74, 6) is 0.867. The zero-order chi connectivity index (χ0) is 14.2. The summed E-state index contributed by atoms with van der Waals surface area (Å²) in [5.41, 5.74) is 1.18. The Morgan fingerprint density at radius 3 is 2.80 bits per heavy atom. The second-order valence-electron chi connectivity index (χ2n) is 4.88. The van der Waals surface area contributed by atoms with Crippen LogP contribution < -0.4 is 15.4 Å². The van der Waals surface area contributed by atoms with Crippen molar-refractivity contribution in [2.75, 3.05) is 20.3 Å². The Morgan fingerprint density at radius 1 is 1.35 bits per heavy atom. The van der Waals surface area contributed by atoms with E-state index in [1.165, 1.54) is 18.4 Å². The first-order chi connectivity index (χ1) is 9.78. The molecule has 2 N–H and O–H groups in total. The Labute approximate surface area is 125 Å². The number of benzene rings is 1. The van der Waals surface area contributed by atoms with E-state index in [0.29, 0.717) is 11.2 Å². The molecule has 0 radical (unpaired) electrons. The summed E-state index contributed by atoms with van der Waals surface area (Å²) >= 11 is 5.25. The van der Waals surface area contributed by atoms with Gasteiger partial charge in [-0.05, 0) is 49.2 Å². The number of hydrogen-bond donors (Lipinski definition) is 2. The van der Waals surface area contributed by atoms with Crippen molar-refractivity contribution >= 4 is 17.3 Å². The summed E-state index contributed by atoms with van der Waals surface area (Å²) in [4.78, 5) is 0. The molecule has 1 saturated heterocycles. The number of hydrogen-bond acceptors (Lipinski definition) is 3. The van der Waals surface area contributed by atoms with E-state index >= 15 is 0 Å². The molecule has 1 fully saturated rings. The van der Waals surface area contributed by atoms with Gasteiger partial charge in [0.15, 0.2) is 5.11 Å². The van der Waals surface area contributed by atoms with Gasteiger partial charge in [-0.2, -0.15) is 0 Å². The highest BCUT2D eigenvalue weighted by atomic mass is 32.1. The number of nitrogens with one attached hydrogen (secondary N) is 2. The van der Waals surface area contributed by atoms with Crippen molar-refractivity contribution in [3.05, 3.63) is 29.8 Å². The second kappa shape index (κ2) is 8.07. The number of rotatable bonds is 6. The molecular weight excluding hydrogens is 272 g/mol. The van der Waals surface area contributed by atoms with Crippen LogP contribution in [-0.4, -0.2) is 31.5 Å². The average molecular weight is 294 g/mol. The lowest BCUT2D eigenvalue weighted by atomic mass is 10.2. The van der Waals surface area contributed by atoms with Crippen LogP contribution >= 0.6 is 12.2 Å². The fourth-order valence-corrected chi connectivity index (χ4v) is 2.38. The average Bonchev–Trinajstić information content (AvgIpc) is 2.99. The SMILES string of the molecule is COc1ccc(CNC(=S)NCCC2CCCO2)cc1. The van der Waals surface area contributed by atoms with Gasteiger partial charge in [-0.15, -0.1) is 0 Å².